The second-order valence-corrected chi connectivity index (χ2v) is 5.07. The molecular weight excluding hydrogens is 238 g/mol. The van der Waals surface area contributed by atoms with Gasteiger partial charge >= 0.3 is 0 Å². The first-order chi connectivity index (χ1) is 8.13. The van der Waals surface area contributed by atoms with E-state index in [1.165, 1.54) is 11.3 Å². The second kappa shape index (κ2) is 4.89. The molecule has 2 rings (SSSR count). The molecule has 7 heteroatoms. The largest absolute Gasteiger partial charge is 0.396 e. The van der Waals surface area contributed by atoms with Crippen molar-refractivity contribution in [2.45, 2.75) is 33.1 Å². The topological polar surface area (TPSA) is 76.7 Å². The van der Waals surface area contributed by atoms with Crippen LogP contribution in [0.5, 0.6) is 0 Å². The summed E-state index contributed by atoms with van der Waals surface area (Å²) in [7, 11) is 0. The molecule has 2 aromatic heterocycles. The summed E-state index contributed by atoms with van der Waals surface area (Å²) in [6.45, 7) is 6.15. The summed E-state index contributed by atoms with van der Waals surface area (Å²) in [5.41, 5.74) is 1.71. The van der Waals surface area contributed by atoms with Crippen molar-refractivity contribution in [3.05, 3.63) is 16.4 Å². The fraction of sp³-hybridized carbons (Fsp3) is 0.600. The van der Waals surface area contributed by atoms with Crippen LogP contribution in [0, 0.1) is 6.92 Å². The van der Waals surface area contributed by atoms with E-state index in [4.69, 9.17) is 5.11 Å². The molecular formula is C10H15N5OS. The monoisotopic (exact) mass is 253 g/mol. The smallest absolute Gasteiger partial charge is 0.234 e. The van der Waals surface area contributed by atoms with Crippen LogP contribution in [0.3, 0.4) is 0 Å². The Morgan fingerprint density at radius 2 is 2.06 bits per heavy atom. The van der Waals surface area contributed by atoms with Crippen molar-refractivity contribution < 1.29 is 5.11 Å². The predicted octanol–water partition coefficient (Wildman–Crippen LogP) is 1.09. The van der Waals surface area contributed by atoms with Crippen molar-refractivity contribution in [1.82, 2.24) is 25.2 Å². The zero-order valence-corrected chi connectivity index (χ0v) is 10.9. The highest BCUT2D eigenvalue weighted by Crippen LogP contribution is 2.22. The van der Waals surface area contributed by atoms with Crippen LogP contribution in [0.2, 0.25) is 0 Å². The maximum Gasteiger partial charge on any atom is 0.234 e. The van der Waals surface area contributed by atoms with Gasteiger partial charge in [0.15, 0.2) is 0 Å². The Labute approximate surface area is 103 Å². The molecule has 0 bridgehead atoms. The zero-order valence-electron chi connectivity index (χ0n) is 10.1. The Balaban J connectivity index is 2.32. The molecule has 0 aliphatic carbocycles. The summed E-state index contributed by atoms with van der Waals surface area (Å²) in [6, 6.07) is 0. The third kappa shape index (κ3) is 2.34. The van der Waals surface area contributed by atoms with Gasteiger partial charge in [-0.2, -0.15) is 4.68 Å². The predicted molar refractivity (Wildman–Crippen MR) is 64.4 cm³/mol. The maximum atomic E-state index is 8.90. The SMILES string of the molecule is Cc1c(CCO)nnn1-c1nnc(C(C)C)s1. The van der Waals surface area contributed by atoms with Gasteiger partial charge in [-0.1, -0.05) is 30.4 Å². The number of hydrogen-bond acceptors (Lipinski definition) is 6. The summed E-state index contributed by atoms with van der Waals surface area (Å²) in [5.74, 6) is 0.363. The Hall–Kier alpha value is -1.34. The van der Waals surface area contributed by atoms with E-state index >= 15 is 0 Å². The fourth-order valence-corrected chi connectivity index (χ4v) is 2.27. The van der Waals surface area contributed by atoms with Gasteiger partial charge in [-0.05, 0) is 6.92 Å². The van der Waals surface area contributed by atoms with Crippen LogP contribution in [0.25, 0.3) is 5.13 Å². The number of rotatable bonds is 4. The standard InChI is InChI=1S/C10H15N5OS/c1-6(2)9-12-13-10(17-9)15-7(3)8(4-5-16)11-14-15/h6,16H,4-5H2,1-3H3. The first kappa shape index (κ1) is 12.1. The van der Waals surface area contributed by atoms with Gasteiger partial charge < -0.3 is 5.11 Å². The van der Waals surface area contributed by atoms with Crippen LogP contribution >= 0.6 is 11.3 Å². The molecule has 6 nitrogen and oxygen atoms in total. The molecule has 0 saturated carbocycles. The molecule has 92 valence electrons. The molecule has 0 aliphatic rings. The molecule has 0 atom stereocenters. The van der Waals surface area contributed by atoms with E-state index in [-0.39, 0.29) is 6.61 Å². The molecule has 1 N–H and O–H groups in total. The van der Waals surface area contributed by atoms with Crippen molar-refractivity contribution in [2.75, 3.05) is 6.61 Å². The first-order valence-electron chi connectivity index (χ1n) is 5.49. The van der Waals surface area contributed by atoms with Crippen molar-refractivity contribution in [2.24, 2.45) is 0 Å². The van der Waals surface area contributed by atoms with Gasteiger partial charge in [-0.25, -0.2) is 0 Å². The molecule has 0 spiro atoms. The third-order valence-electron chi connectivity index (χ3n) is 2.44. The summed E-state index contributed by atoms with van der Waals surface area (Å²) in [5, 5.41) is 26.9. The van der Waals surface area contributed by atoms with Gasteiger partial charge in [0.2, 0.25) is 5.13 Å². The van der Waals surface area contributed by atoms with E-state index < -0.39 is 0 Å². The number of aliphatic hydroxyl groups excluding tert-OH is 1. The molecule has 0 unspecified atom stereocenters. The summed E-state index contributed by atoms with van der Waals surface area (Å²) < 4.78 is 1.68. The van der Waals surface area contributed by atoms with Gasteiger partial charge in [0, 0.05) is 18.9 Å². The van der Waals surface area contributed by atoms with E-state index in [0.717, 1.165) is 21.5 Å². The molecule has 0 aromatic carbocycles. The van der Waals surface area contributed by atoms with Gasteiger partial charge in [-0.15, -0.1) is 15.3 Å². The van der Waals surface area contributed by atoms with Crippen LogP contribution < -0.4 is 0 Å². The molecule has 0 aliphatic heterocycles. The molecule has 0 saturated heterocycles. The maximum absolute atomic E-state index is 8.90. The minimum absolute atomic E-state index is 0.0763. The van der Waals surface area contributed by atoms with Crippen LogP contribution in [-0.2, 0) is 6.42 Å². The van der Waals surface area contributed by atoms with Crippen LogP contribution in [0.15, 0.2) is 0 Å². The summed E-state index contributed by atoms with van der Waals surface area (Å²) >= 11 is 1.52. The fourth-order valence-electron chi connectivity index (χ4n) is 1.42. The highest BCUT2D eigenvalue weighted by molar-refractivity contribution is 7.13. The second-order valence-electron chi connectivity index (χ2n) is 4.08. The Bertz CT molecular complexity index is 505. The molecule has 2 heterocycles. The van der Waals surface area contributed by atoms with Crippen molar-refractivity contribution >= 4 is 11.3 Å². The third-order valence-corrected chi connectivity index (χ3v) is 3.64. The molecule has 2 aromatic rings. The van der Waals surface area contributed by atoms with E-state index in [0.29, 0.717) is 12.3 Å². The van der Waals surface area contributed by atoms with Gasteiger partial charge in [0.25, 0.3) is 0 Å². The minimum Gasteiger partial charge on any atom is -0.396 e. The number of hydrogen-bond donors (Lipinski definition) is 1. The van der Waals surface area contributed by atoms with Crippen LogP contribution in [-0.4, -0.2) is 36.9 Å². The van der Waals surface area contributed by atoms with E-state index in [1.807, 2.05) is 6.92 Å². The van der Waals surface area contributed by atoms with Crippen LogP contribution in [0.1, 0.15) is 36.2 Å². The highest BCUT2D eigenvalue weighted by atomic mass is 32.1. The summed E-state index contributed by atoms with van der Waals surface area (Å²) in [4.78, 5) is 0. The van der Waals surface area contributed by atoms with E-state index in [9.17, 15) is 0 Å². The molecule has 0 amide bonds. The lowest BCUT2D eigenvalue weighted by Crippen LogP contribution is -1.99. The zero-order chi connectivity index (χ0) is 12.4. The lowest BCUT2D eigenvalue weighted by Gasteiger charge is -1.97. The summed E-state index contributed by atoms with van der Waals surface area (Å²) in [6.07, 6.45) is 0.516. The van der Waals surface area contributed by atoms with Crippen molar-refractivity contribution in [3.63, 3.8) is 0 Å². The molecule has 0 fully saturated rings. The minimum atomic E-state index is 0.0763. The van der Waals surface area contributed by atoms with Crippen LogP contribution in [0.4, 0.5) is 0 Å². The van der Waals surface area contributed by atoms with Gasteiger partial charge in [0.1, 0.15) is 5.01 Å². The highest BCUT2D eigenvalue weighted by Gasteiger charge is 2.14. The lowest BCUT2D eigenvalue weighted by molar-refractivity contribution is 0.298. The average Bonchev–Trinajstić information content (AvgIpc) is 2.87. The molecule has 17 heavy (non-hydrogen) atoms. The van der Waals surface area contributed by atoms with Gasteiger partial charge in [0.05, 0.1) is 11.4 Å². The van der Waals surface area contributed by atoms with Gasteiger partial charge in [-0.3, -0.25) is 0 Å². The quantitative estimate of drug-likeness (QED) is 0.882. The van der Waals surface area contributed by atoms with E-state index in [1.54, 1.807) is 4.68 Å². The Morgan fingerprint density at radius 1 is 1.29 bits per heavy atom. The lowest BCUT2D eigenvalue weighted by atomic mass is 10.2. The normalized spacial score (nSPS) is 11.4. The Morgan fingerprint density at radius 3 is 2.65 bits per heavy atom. The van der Waals surface area contributed by atoms with E-state index in [2.05, 4.69) is 34.4 Å². The van der Waals surface area contributed by atoms with Crippen molar-refractivity contribution in [1.29, 1.82) is 0 Å². The number of nitrogens with zero attached hydrogens (tertiary/aromatic N) is 5. The first-order valence-corrected chi connectivity index (χ1v) is 6.31. The number of aromatic nitrogens is 5. The molecule has 0 radical (unpaired) electrons. The Kier molecular flexibility index (Phi) is 3.49. The van der Waals surface area contributed by atoms with Crippen molar-refractivity contribution in [3.8, 4) is 5.13 Å². The average molecular weight is 253 g/mol. The number of aliphatic hydroxyl groups is 1.